The summed E-state index contributed by atoms with van der Waals surface area (Å²) in [6, 6.07) is 29.0. The van der Waals surface area contributed by atoms with Crippen molar-refractivity contribution >= 4 is 39.1 Å². The van der Waals surface area contributed by atoms with Crippen LogP contribution in [0.2, 0.25) is 5.02 Å². The van der Waals surface area contributed by atoms with E-state index in [0.29, 0.717) is 5.02 Å². The fourth-order valence-corrected chi connectivity index (χ4v) is 6.52. The van der Waals surface area contributed by atoms with E-state index in [1.807, 2.05) is 82.3 Å². The highest BCUT2D eigenvalue weighted by Crippen LogP contribution is 2.27. The molecule has 0 heterocycles. The van der Waals surface area contributed by atoms with Gasteiger partial charge in [-0.15, -0.1) is 0 Å². The van der Waals surface area contributed by atoms with Gasteiger partial charge in [-0.3, -0.25) is 13.9 Å². The first-order valence-corrected chi connectivity index (χ1v) is 16.8. The lowest BCUT2D eigenvalue weighted by Gasteiger charge is -2.34. The van der Waals surface area contributed by atoms with E-state index in [2.05, 4.69) is 5.32 Å². The lowest BCUT2D eigenvalue weighted by Crippen LogP contribution is -2.54. The maximum atomic E-state index is 14.5. The fraction of sp³-hybridized carbons (Fsp3) is 0.278. The highest BCUT2D eigenvalue weighted by Gasteiger charge is 2.35. The SMILES string of the molecule is CCC(C)NC(=O)C(Cc1ccccc1)N(Cc1cccc(C)c1)C(=O)CN(c1ccc(Cl)cc1)S(=O)(=O)c1ccc(C)cc1. The van der Waals surface area contributed by atoms with Crippen molar-refractivity contribution < 1.29 is 18.0 Å². The van der Waals surface area contributed by atoms with E-state index in [1.165, 1.54) is 17.0 Å². The van der Waals surface area contributed by atoms with Crippen molar-refractivity contribution in [1.82, 2.24) is 10.2 Å². The number of sulfonamides is 1. The van der Waals surface area contributed by atoms with Gasteiger partial charge in [0.1, 0.15) is 12.6 Å². The number of nitrogens with one attached hydrogen (secondary N) is 1. The number of hydrogen-bond donors (Lipinski definition) is 1. The fourth-order valence-electron chi connectivity index (χ4n) is 4.98. The molecular weight excluding hydrogens is 606 g/mol. The summed E-state index contributed by atoms with van der Waals surface area (Å²) >= 11 is 6.14. The van der Waals surface area contributed by atoms with Gasteiger partial charge < -0.3 is 10.2 Å². The third-order valence-electron chi connectivity index (χ3n) is 7.71. The van der Waals surface area contributed by atoms with E-state index < -0.39 is 28.5 Å². The highest BCUT2D eigenvalue weighted by molar-refractivity contribution is 7.92. The second-order valence-corrected chi connectivity index (χ2v) is 13.6. The van der Waals surface area contributed by atoms with Crippen LogP contribution in [0.15, 0.2) is 108 Å². The topological polar surface area (TPSA) is 86.8 Å². The second kappa shape index (κ2) is 15.2. The molecule has 0 aliphatic carbocycles. The minimum Gasteiger partial charge on any atom is -0.352 e. The Morgan fingerprint density at radius 2 is 1.47 bits per heavy atom. The Hall–Kier alpha value is -4.14. The van der Waals surface area contributed by atoms with Gasteiger partial charge in [0.25, 0.3) is 10.0 Å². The molecule has 9 heteroatoms. The molecule has 0 fully saturated rings. The van der Waals surface area contributed by atoms with Crippen molar-refractivity contribution in [2.24, 2.45) is 0 Å². The highest BCUT2D eigenvalue weighted by atomic mass is 35.5. The van der Waals surface area contributed by atoms with Gasteiger partial charge >= 0.3 is 0 Å². The number of hydrogen-bond acceptors (Lipinski definition) is 4. The summed E-state index contributed by atoms with van der Waals surface area (Å²) in [6.07, 6.45) is 0.973. The van der Waals surface area contributed by atoms with Gasteiger partial charge in [0, 0.05) is 24.0 Å². The Labute approximate surface area is 271 Å². The second-order valence-electron chi connectivity index (χ2n) is 11.3. The first-order valence-electron chi connectivity index (χ1n) is 15.0. The Balaban J connectivity index is 1.80. The number of carbonyl (C=O) groups is 2. The van der Waals surface area contributed by atoms with Gasteiger partial charge in [-0.05, 0) is 74.7 Å². The van der Waals surface area contributed by atoms with Crippen LogP contribution in [0.4, 0.5) is 5.69 Å². The largest absolute Gasteiger partial charge is 0.352 e. The van der Waals surface area contributed by atoms with Crippen molar-refractivity contribution in [2.45, 2.75) is 64.1 Å². The molecule has 0 saturated heterocycles. The predicted molar refractivity (Wildman–Crippen MR) is 181 cm³/mol. The summed E-state index contributed by atoms with van der Waals surface area (Å²) in [5.41, 5.74) is 3.91. The molecule has 45 heavy (non-hydrogen) atoms. The summed E-state index contributed by atoms with van der Waals surface area (Å²) in [7, 11) is -4.18. The van der Waals surface area contributed by atoms with E-state index in [0.717, 1.165) is 33.0 Å². The molecule has 7 nitrogen and oxygen atoms in total. The number of amides is 2. The summed E-state index contributed by atoms with van der Waals surface area (Å²) in [5, 5.41) is 3.49. The molecular formula is C36H40ClN3O4S. The summed E-state index contributed by atoms with van der Waals surface area (Å²) in [4.78, 5) is 30.0. The molecule has 0 spiro atoms. The van der Waals surface area contributed by atoms with Crippen LogP contribution >= 0.6 is 11.6 Å². The van der Waals surface area contributed by atoms with Gasteiger partial charge in [0.05, 0.1) is 10.6 Å². The van der Waals surface area contributed by atoms with E-state index in [-0.39, 0.29) is 35.5 Å². The average Bonchev–Trinajstić information content (AvgIpc) is 3.02. The third-order valence-corrected chi connectivity index (χ3v) is 9.75. The minimum atomic E-state index is -4.18. The molecule has 2 amide bonds. The van der Waals surface area contributed by atoms with Crippen LogP contribution in [0.5, 0.6) is 0 Å². The molecule has 2 unspecified atom stereocenters. The number of benzene rings is 4. The van der Waals surface area contributed by atoms with E-state index in [9.17, 15) is 18.0 Å². The molecule has 2 atom stereocenters. The van der Waals surface area contributed by atoms with Gasteiger partial charge in [0.15, 0.2) is 0 Å². The average molecular weight is 646 g/mol. The third kappa shape index (κ3) is 8.96. The van der Waals surface area contributed by atoms with Crippen molar-refractivity contribution in [3.05, 3.63) is 130 Å². The van der Waals surface area contributed by atoms with E-state index in [1.54, 1.807) is 36.4 Å². The zero-order valence-corrected chi connectivity index (χ0v) is 27.7. The quantitative estimate of drug-likeness (QED) is 0.175. The van der Waals surface area contributed by atoms with E-state index in [4.69, 9.17) is 11.6 Å². The number of anilines is 1. The summed E-state index contributed by atoms with van der Waals surface area (Å²) < 4.78 is 29.3. The molecule has 0 aliphatic rings. The van der Waals surface area contributed by atoms with E-state index >= 15 is 0 Å². The van der Waals surface area contributed by atoms with Crippen LogP contribution in [0.25, 0.3) is 0 Å². The van der Waals surface area contributed by atoms with Crippen LogP contribution in [0.3, 0.4) is 0 Å². The number of aryl methyl sites for hydroxylation is 2. The molecule has 0 aromatic heterocycles. The molecule has 0 bridgehead atoms. The van der Waals surface area contributed by atoms with Gasteiger partial charge in [-0.2, -0.15) is 0 Å². The molecule has 0 saturated carbocycles. The standard InChI is InChI=1S/C36H40ClN3O4S/c1-5-28(4)38-36(42)34(23-29-11-7-6-8-12-29)39(24-30-13-9-10-27(3)22-30)35(41)25-40(32-18-16-31(37)17-19-32)45(43,44)33-20-14-26(2)15-21-33/h6-22,28,34H,5,23-25H2,1-4H3,(H,38,42). The van der Waals surface area contributed by atoms with Crippen molar-refractivity contribution in [2.75, 3.05) is 10.8 Å². The van der Waals surface area contributed by atoms with Crippen molar-refractivity contribution in [3.63, 3.8) is 0 Å². The monoisotopic (exact) mass is 645 g/mol. The lowest BCUT2D eigenvalue weighted by molar-refractivity contribution is -0.140. The molecule has 4 aromatic rings. The maximum Gasteiger partial charge on any atom is 0.264 e. The maximum absolute atomic E-state index is 14.5. The minimum absolute atomic E-state index is 0.0523. The molecule has 0 radical (unpaired) electrons. The lowest BCUT2D eigenvalue weighted by atomic mass is 10.0. The van der Waals surface area contributed by atoms with Crippen LogP contribution < -0.4 is 9.62 Å². The van der Waals surface area contributed by atoms with Crippen LogP contribution in [0.1, 0.15) is 42.5 Å². The first kappa shape index (κ1) is 33.7. The number of nitrogens with zero attached hydrogens (tertiary/aromatic N) is 2. The van der Waals surface area contributed by atoms with Crippen molar-refractivity contribution in [3.8, 4) is 0 Å². The molecule has 1 N–H and O–H groups in total. The number of halogens is 1. The normalized spacial score (nSPS) is 12.6. The van der Waals surface area contributed by atoms with Crippen LogP contribution in [-0.2, 0) is 32.6 Å². The molecule has 236 valence electrons. The Morgan fingerprint density at radius 1 is 0.822 bits per heavy atom. The molecule has 4 rings (SSSR count). The number of rotatable bonds is 13. The Morgan fingerprint density at radius 3 is 2.09 bits per heavy atom. The predicted octanol–water partition coefficient (Wildman–Crippen LogP) is 6.71. The summed E-state index contributed by atoms with van der Waals surface area (Å²) in [5.74, 6) is -0.809. The zero-order valence-electron chi connectivity index (χ0n) is 26.1. The van der Waals surface area contributed by atoms with Gasteiger partial charge in [-0.25, -0.2) is 8.42 Å². The molecule has 0 aliphatic heterocycles. The number of carbonyl (C=O) groups excluding carboxylic acids is 2. The first-order chi connectivity index (χ1) is 21.5. The van der Waals surface area contributed by atoms with Crippen LogP contribution in [0, 0.1) is 13.8 Å². The van der Waals surface area contributed by atoms with Crippen LogP contribution in [-0.4, -0.2) is 43.8 Å². The van der Waals surface area contributed by atoms with Crippen molar-refractivity contribution in [1.29, 1.82) is 0 Å². The zero-order chi connectivity index (χ0) is 32.6. The summed E-state index contributed by atoms with van der Waals surface area (Å²) in [6.45, 7) is 7.32. The smallest absolute Gasteiger partial charge is 0.264 e. The van der Waals surface area contributed by atoms with Gasteiger partial charge in [0.2, 0.25) is 11.8 Å². The Kier molecular flexibility index (Phi) is 11.4. The molecule has 4 aromatic carbocycles. The van der Waals surface area contributed by atoms with Gasteiger partial charge in [-0.1, -0.05) is 96.4 Å². The Bertz CT molecular complexity index is 1690.